The number of carbonyl (C=O) groups excluding carboxylic acids is 1. The van der Waals surface area contributed by atoms with Gasteiger partial charge in [-0.2, -0.15) is 0 Å². The molecule has 1 aliphatic rings. The van der Waals surface area contributed by atoms with E-state index in [9.17, 15) is 9.59 Å². The number of carboxylic acid groups (broad SMARTS) is 1. The lowest BCUT2D eigenvalue weighted by molar-refractivity contribution is -0.141. The Morgan fingerprint density at radius 2 is 2.35 bits per heavy atom. The maximum atomic E-state index is 12.2. The van der Waals surface area contributed by atoms with Crippen LogP contribution < -0.4 is 0 Å². The lowest BCUT2D eigenvalue weighted by Crippen LogP contribution is -2.29. The van der Waals surface area contributed by atoms with Gasteiger partial charge in [-0.15, -0.1) is 23.1 Å². The highest BCUT2D eigenvalue weighted by Crippen LogP contribution is 2.28. The Balaban J connectivity index is 2.09. The summed E-state index contributed by atoms with van der Waals surface area (Å²) in [6.45, 7) is 0.876. The van der Waals surface area contributed by atoms with E-state index in [0.717, 1.165) is 9.77 Å². The Labute approximate surface area is 108 Å². The van der Waals surface area contributed by atoms with Gasteiger partial charge in [0.05, 0.1) is 5.92 Å². The molecule has 2 rings (SSSR count). The molecular formula is C11H13NO3S2. The van der Waals surface area contributed by atoms with Crippen LogP contribution in [0, 0.1) is 5.92 Å². The van der Waals surface area contributed by atoms with Gasteiger partial charge in [-0.1, -0.05) is 0 Å². The minimum Gasteiger partial charge on any atom is -0.481 e. The van der Waals surface area contributed by atoms with Gasteiger partial charge in [0.15, 0.2) is 0 Å². The van der Waals surface area contributed by atoms with Crippen molar-refractivity contribution in [1.29, 1.82) is 0 Å². The van der Waals surface area contributed by atoms with Crippen molar-refractivity contribution in [2.45, 2.75) is 11.3 Å². The molecule has 0 bridgehead atoms. The van der Waals surface area contributed by atoms with Crippen LogP contribution in [0.1, 0.15) is 16.1 Å². The van der Waals surface area contributed by atoms with Crippen molar-refractivity contribution in [2.75, 3.05) is 19.3 Å². The number of carbonyl (C=O) groups is 2. The van der Waals surface area contributed by atoms with Crippen molar-refractivity contribution >= 4 is 35.0 Å². The summed E-state index contributed by atoms with van der Waals surface area (Å²) >= 11 is 2.96. The summed E-state index contributed by atoms with van der Waals surface area (Å²) in [5.74, 6) is -1.25. The molecule has 1 amide bonds. The highest BCUT2D eigenvalue weighted by atomic mass is 32.2. The molecule has 1 aromatic heterocycles. The Hall–Kier alpha value is -1.01. The number of amides is 1. The third-order valence-corrected chi connectivity index (χ3v) is 4.68. The van der Waals surface area contributed by atoms with Gasteiger partial charge in [0, 0.05) is 18.0 Å². The topological polar surface area (TPSA) is 57.6 Å². The molecular weight excluding hydrogens is 258 g/mol. The van der Waals surface area contributed by atoms with Crippen LogP contribution in [0.25, 0.3) is 0 Å². The van der Waals surface area contributed by atoms with Gasteiger partial charge < -0.3 is 10.0 Å². The van der Waals surface area contributed by atoms with Crippen LogP contribution in [-0.4, -0.2) is 41.2 Å². The molecule has 1 fully saturated rings. The number of thioether (sulfide) groups is 1. The van der Waals surface area contributed by atoms with Gasteiger partial charge >= 0.3 is 5.97 Å². The van der Waals surface area contributed by atoms with E-state index in [4.69, 9.17) is 5.11 Å². The van der Waals surface area contributed by atoms with Gasteiger partial charge in [0.2, 0.25) is 0 Å². The quantitative estimate of drug-likeness (QED) is 0.854. The predicted molar refractivity (Wildman–Crippen MR) is 67.7 cm³/mol. The van der Waals surface area contributed by atoms with Crippen LogP contribution >= 0.6 is 23.1 Å². The van der Waals surface area contributed by atoms with E-state index >= 15 is 0 Å². The average molecular weight is 271 g/mol. The molecule has 0 spiro atoms. The fraction of sp³-hybridized carbons (Fsp3) is 0.455. The molecule has 1 atom stereocenters. The van der Waals surface area contributed by atoms with Crippen LogP contribution in [0.2, 0.25) is 0 Å². The molecule has 0 aliphatic carbocycles. The molecule has 1 saturated heterocycles. The van der Waals surface area contributed by atoms with E-state index in [0.29, 0.717) is 19.5 Å². The lowest BCUT2D eigenvalue weighted by Gasteiger charge is -2.15. The smallest absolute Gasteiger partial charge is 0.308 e. The summed E-state index contributed by atoms with van der Waals surface area (Å²) in [6, 6.07) is 1.92. The van der Waals surface area contributed by atoms with Crippen LogP contribution in [0.5, 0.6) is 0 Å². The number of likely N-dealkylation sites (tertiary alicyclic amines) is 1. The second-order valence-electron chi connectivity index (χ2n) is 3.89. The second kappa shape index (κ2) is 5.10. The molecule has 17 heavy (non-hydrogen) atoms. The van der Waals surface area contributed by atoms with Crippen LogP contribution in [0.4, 0.5) is 0 Å². The van der Waals surface area contributed by atoms with Crippen molar-refractivity contribution in [2.24, 2.45) is 5.92 Å². The van der Waals surface area contributed by atoms with Crippen molar-refractivity contribution in [3.05, 3.63) is 16.3 Å². The number of aliphatic carboxylic acids is 1. The minimum absolute atomic E-state index is 0.0342. The zero-order valence-corrected chi connectivity index (χ0v) is 11.0. The number of thiophene rings is 1. The molecule has 4 nitrogen and oxygen atoms in total. The van der Waals surface area contributed by atoms with Gasteiger partial charge in [-0.25, -0.2) is 0 Å². The molecule has 92 valence electrons. The van der Waals surface area contributed by atoms with Crippen molar-refractivity contribution in [3.63, 3.8) is 0 Å². The second-order valence-corrected chi connectivity index (χ2v) is 5.66. The monoisotopic (exact) mass is 271 g/mol. The normalized spacial score (nSPS) is 19.6. The maximum absolute atomic E-state index is 12.2. The SMILES string of the molecule is CSc1ccsc1C(=O)N1CCC(C(=O)O)C1. The summed E-state index contributed by atoms with van der Waals surface area (Å²) < 4.78 is 0. The third kappa shape index (κ3) is 2.47. The largest absolute Gasteiger partial charge is 0.481 e. The zero-order valence-electron chi connectivity index (χ0n) is 9.38. The standard InChI is InChI=1S/C11H13NO3S2/c1-16-8-3-5-17-9(8)10(13)12-4-2-7(6-12)11(14)15/h3,5,7H,2,4,6H2,1H3,(H,14,15). The van der Waals surface area contributed by atoms with Crippen molar-refractivity contribution < 1.29 is 14.7 Å². The van der Waals surface area contributed by atoms with Gasteiger partial charge in [-0.05, 0) is 24.1 Å². The number of nitrogens with zero attached hydrogens (tertiary/aromatic N) is 1. The van der Waals surface area contributed by atoms with Gasteiger partial charge in [0.25, 0.3) is 5.91 Å². The van der Waals surface area contributed by atoms with Crippen LogP contribution in [0.15, 0.2) is 16.3 Å². The number of rotatable bonds is 3. The molecule has 6 heteroatoms. The highest BCUT2D eigenvalue weighted by molar-refractivity contribution is 7.98. The van der Waals surface area contributed by atoms with E-state index in [1.54, 1.807) is 16.7 Å². The van der Waals surface area contributed by atoms with Gasteiger partial charge in [-0.3, -0.25) is 9.59 Å². The number of hydrogen-bond acceptors (Lipinski definition) is 4. The van der Waals surface area contributed by atoms with Crippen molar-refractivity contribution in [1.82, 2.24) is 4.90 Å². The lowest BCUT2D eigenvalue weighted by atomic mass is 10.1. The summed E-state index contributed by atoms with van der Waals surface area (Å²) in [6.07, 6.45) is 2.49. The Morgan fingerprint density at radius 1 is 1.59 bits per heavy atom. The number of hydrogen-bond donors (Lipinski definition) is 1. The first-order valence-corrected chi connectivity index (χ1v) is 7.37. The molecule has 0 radical (unpaired) electrons. The predicted octanol–water partition coefficient (Wildman–Crippen LogP) is 2.02. The van der Waals surface area contributed by atoms with E-state index in [-0.39, 0.29) is 5.91 Å². The van der Waals surface area contributed by atoms with Crippen LogP contribution in [-0.2, 0) is 4.79 Å². The van der Waals surface area contributed by atoms with E-state index < -0.39 is 11.9 Å². The van der Waals surface area contributed by atoms with E-state index in [1.165, 1.54) is 11.3 Å². The van der Waals surface area contributed by atoms with Gasteiger partial charge in [0.1, 0.15) is 4.88 Å². The first kappa shape index (κ1) is 12.4. The maximum Gasteiger partial charge on any atom is 0.308 e. The van der Waals surface area contributed by atoms with E-state index in [2.05, 4.69) is 0 Å². The molecule has 0 aromatic carbocycles. The molecule has 1 aromatic rings. The molecule has 2 heterocycles. The Kier molecular flexibility index (Phi) is 3.73. The number of carboxylic acids is 1. The highest BCUT2D eigenvalue weighted by Gasteiger charge is 2.32. The van der Waals surface area contributed by atoms with E-state index in [1.807, 2.05) is 17.7 Å². The fourth-order valence-electron chi connectivity index (χ4n) is 1.90. The first-order valence-electron chi connectivity index (χ1n) is 5.27. The average Bonchev–Trinajstić information content (AvgIpc) is 2.96. The molecule has 1 unspecified atom stereocenters. The Morgan fingerprint density at radius 3 is 2.94 bits per heavy atom. The van der Waals surface area contributed by atoms with Crippen molar-refractivity contribution in [3.8, 4) is 0 Å². The summed E-state index contributed by atoms with van der Waals surface area (Å²) in [5, 5.41) is 10.8. The summed E-state index contributed by atoms with van der Waals surface area (Å²) in [7, 11) is 0. The first-order chi connectivity index (χ1) is 8.13. The molecule has 0 saturated carbocycles. The third-order valence-electron chi connectivity index (χ3n) is 2.87. The summed E-state index contributed by atoms with van der Waals surface area (Å²) in [5.41, 5.74) is 0. The van der Waals surface area contributed by atoms with Crippen LogP contribution in [0.3, 0.4) is 0 Å². The summed E-state index contributed by atoms with van der Waals surface area (Å²) in [4.78, 5) is 26.4. The molecule has 1 aliphatic heterocycles. The fourth-order valence-corrected chi connectivity index (χ4v) is 3.62. The molecule has 1 N–H and O–H groups in total. The Bertz CT molecular complexity index is 444. The zero-order chi connectivity index (χ0) is 12.4. The minimum atomic E-state index is -0.809.